The first-order chi connectivity index (χ1) is 8.25. The molecule has 0 unspecified atom stereocenters. The third kappa shape index (κ3) is 1.91. The molecule has 6 heteroatoms. The maximum Gasteiger partial charge on any atom is 0.327 e. The average molecular weight is 297 g/mol. The van der Waals surface area contributed by atoms with E-state index in [0.29, 0.717) is 0 Å². The summed E-state index contributed by atoms with van der Waals surface area (Å²) in [6.45, 7) is 1.92. The van der Waals surface area contributed by atoms with Crippen LogP contribution in [0.25, 0.3) is 11.2 Å². The Bertz CT molecular complexity index is 597. The molecule has 1 saturated heterocycles. The summed E-state index contributed by atoms with van der Waals surface area (Å²) in [5.41, 5.74) is 1.49. The van der Waals surface area contributed by atoms with E-state index in [9.17, 15) is 4.79 Å². The first kappa shape index (κ1) is 11.0. The predicted octanol–water partition coefficient (Wildman–Crippen LogP) is 1.41. The summed E-state index contributed by atoms with van der Waals surface area (Å²) in [6.07, 6.45) is 3.68. The lowest BCUT2D eigenvalue weighted by Crippen LogP contribution is -2.33. The number of fused-ring (bicyclic) bond motifs is 1. The van der Waals surface area contributed by atoms with Crippen LogP contribution in [-0.4, -0.2) is 27.6 Å². The summed E-state index contributed by atoms with van der Waals surface area (Å²) in [5.74, 6) is 0. The molecular formula is C11H13BrN4O. The Morgan fingerprint density at radius 2 is 2.18 bits per heavy atom. The minimum absolute atomic E-state index is 0.0579. The summed E-state index contributed by atoms with van der Waals surface area (Å²) >= 11 is 3.36. The van der Waals surface area contributed by atoms with Gasteiger partial charge in [-0.05, 0) is 47.9 Å². The molecule has 2 N–H and O–H groups in total. The molecule has 3 rings (SSSR count). The van der Waals surface area contributed by atoms with Crippen molar-refractivity contribution in [2.75, 3.05) is 13.1 Å². The first-order valence-corrected chi connectivity index (χ1v) is 6.51. The van der Waals surface area contributed by atoms with Gasteiger partial charge < -0.3 is 10.3 Å². The van der Waals surface area contributed by atoms with Gasteiger partial charge in [0.1, 0.15) is 0 Å². The fourth-order valence-corrected chi connectivity index (χ4v) is 2.72. The molecule has 0 saturated carbocycles. The van der Waals surface area contributed by atoms with E-state index in [0.717, 1.165) is 41.6 Å². The Labute approximate surface area is 106 Å². The molecule has 0 amide bonds. The lowest BCUT2D eigenvalue weighted by molar-refractivity contribution is 0.367. The molecule has 1 aliphatic rings. The average Bonchev–Trinajstić information content (AvgIpc) is 2.65. The van der Waals surface area contributed by atoms with Gasteiger partial charge in [0, 0.05) is 16.7 Å². The molecule has 0 aromatic carbocycles. The van der Waals surface area contributed by atoms with Gasteiger partial charge in [-0.15, -0.1) is 0 Å². The minimum Gasteiger partial charge on any atom is -0.317 e. The summed E-state index contributed by atoms with van der Waals surface area (Å²) in [6, 6.07) is 2.15. The number of hydrogen-bond acceptors (Lipinski definition) is 3. The molecule has 17 heavy (non-hydrogen) atoms. The van der Waals surface area contributed by atoms with Crippen LogP contribution in [0.2, 0.25) is 0 Å². The predicted molar refractivity (Wildman–Crippen MR) is 69.2 cm³/mol. The van der Waals surface area contributed by atoms with Crippen LogP contribution in [-0.2, 0) is 0 Å². The van der Waals surface area contributed by atoms with Crippen LogP contribution < -0.4 is 11.0 Å². The van der Waals surface area contributed by atoms with Crippen molar-refractivity contribution in [1.82, 2.24) is 19.9 Å². The molecule has 3 heterocycles. The number of H-pyrrole nitrogens is 1. The number of nitrogens with zero attached hydrogens (tertiary/aromatic N) is 2. The highest BCUT2D eigenvalue weighted by molar-refractivity contribution is 9.10. The van der Waals surface area contributed by atoms with Crippen molar-refractivity contribution in [3.05, 3.63) is 27.2 Å². The third-order valence-electron chi connectivity index (χ3n) is 3.20. The Morgan fingerprint density at radius 3 is 2.94 bits per heavy atom. The topological polar surface area (TPSA) is 62.7 Å². The highest BCUT2D eigenvalue weighted by Crippen LogP contribution is 2.22. The number of imidazole rings is 1. The second kappa shape index (κ2) is 4.27. The lowest BCUT2D eigenvalue weighted by Gasteiger charge is -2.23. The number of rotatable bonds is 1. The number of halogens is 1. The molecule has 0 bridgehead atoms. The van der Waals surface area contributed by atoms with Crippen LogP contribution in [0.15, 0.2) is 21.5 Å². The first-order valence-electron chi connectivity index (χ1n) is 5.72. The Balaban J connectivity index is 2.14. The fraction of sp³-hybridized carbons (Fsp3) is 0.455. The summed E-state index contributed by atoms with van der Waals surface area (Å²) in [4.78, 5) is 19.2. The van der Waals surface area contributed by atoms with Crippen LogP contribution in [0.4, 0.5) is 0 Å². The van der Waals surface area contributed by atoms with Gasteiger partial charge in [-0.1, -0.05) is 0 Å². The molecule has 0 spiro atoms. The summed E-state index contributed by atoms with van der Waals surface area (Å²) in [7, 11) is 0. The number of piperidine rings is 1. The highest BCUT2D eigenvalue weighted by atomic mass is 79.9. The standard InChI is InChI=1S/C11H13BrN4O/c12-7-5-9-10(14-6-7)16(11(17)15-9)8-1-3-13-4-2-8/h5-6,8,13H,1-4H2,(H,15,17). The van der Waals surface area contributed by atoms with E-state index in [-0.39, 0.29) is 11.7 Å². The zero-order valence-corrected chi connectivity index (χ0v) is 10.8. The molecule has 0 atom stereocenters. The second-order valence-corrected chi connectivity index (χ2v) is 5.22. The van der Waals surface area contributed by atoms with Gasteiger partial charge in [0.15, 0.2) is 5.65 Å². The van der Waals surface area contributed by atoms with E-state index in [4.69, 9.17) is 0 Å². The van der Waals surface area contributed by atoms with Gasteiger partial charge in [0.2, 0.25) is 0 Å². The number of aromatic amines is 1. The molecule has 2 aromatic heterocycles. The molecule has 0 radical (unpaired) electrons. The smallest absolute Gasteiger partial charge is 0.317 e. The molecule has 90 valence electrons. The number of nitrogens with one attached hydrogen (secondary N) is 2. The van der Waals surface area contributed by atoms with E-state index in [2.05, 4.69) is 31.2 Å². The largest absolute Gasteiger partial charge is 0.327 e. The third-order valence-corrected chi connectivity index (χ3v) is 3.63. The molecule has 1 fully saturated rings. The molecule has 2 aromatic rings. The SMILES string of the molecule is O=c1[nH]c2cc(Br)cnc2n1C1CCNCC1. The second-order valence-electron chi connectivity index (χ2n) is 4.31. The van der Waals surface area contributed by atoms with Crippen molar-refractivity contribution in [2.45, 2.75) is 18.9 Å². The van der Waals surface area contributed by atoms with Crippen molar-refractivity contribution in [3.63, 3.8) is 0 Å². The number of aromatic nitrogens is 3. The van der Waals surface area contributed by atoms with E-state index in [1.807, 2.05) is 6.07 Å². The Kier molecular flexibility index (Phi) is 2.76. The monoisotopic (exact) mass is 296 g/mol. The highest BCUT2D eigenvalue weighted by Gasteiger charge is 2.20. The van der Waals surface area contributed by atoms with E-state index in [1.54, 1.807) is 10.8 Å². The zero-order chi connectivity index (χ0) is 11.8. The van der Waals surface area contributed by atoms with E-state index in [1.165, 1.54) is 0 Å². The number of pyridine rings is 1. The zero-order valence-electron chi connectivity index (χ0n) is 9.24. The molecule has 1 aliphatic heterocycles. The van der Waals surface area contributed by atoms with Crippen LogP contribution in [0.5, 0.6) is 0 Å². The van der Waals surface area contributed by atoms with Gasteiger partial charge in [-0.3, -0.25) is 4.57 Å². The van der Waals surface area contributed by atoms with E-state index >= 15 is 0 Å². The molecule has 0 aliphatic carbocycles. The number of hydrogen-bond donors (Lipinski definition) is 2. The van der Waals surface area contributed by atoms with Gasteiger partial charge in [-0.2, -0.15) is 0 Å². The summed E-state index contributed by atoms with van der Waals surface area (Å²) < 4.78 is 2.67. The van der Waals surface area contributed by atoms with Crippen molar-refractivity contribution in [3.8, 4) is 0 Å². The maximum atomic E-state index is 12.0. The van der Waals surface area contributed by atoms with Crippen LogP contribution >= 0.6 is 15.9 Å². The van der Waals surface area contributed by atoms with Crippen LogP contribution in [0, 0.1) is 0 Å². The van der Waals surface area contributed by atoms with Crippen LogP contribution in [0.3, 0.4) is 0 Å². The minimum atomic E-state index is -0.0579. The van der Waals surface area contributed by atoms with Crippen molar-refractivity contribution in [1.29, 1.82) is 0 Å². The van der Waals surface area contributed by atoms with Gasteiger partial charge in [0.25, 0.3) is 0 Å². The van der Waals surface area contributed by atoms with Gasteiger partial charge in [-0.25, -0.2) is 9.78 Å². The normalized spacial score (nSPS) is 17.7. The lowest BCUT2D eigenvalue weighted by atomic mass is 10.1. The fourth-order valence-electron chi connectivity index (χ4n) is 2.39. The quantitative estimate of drug-likeness (QED) is 0.836. The van der Waals surface area contributed by atoms with Gasteiger partial charge >= 0.3 is 5.69 Å². The van der Waals surface area contributed by atoms with E-state index < -0.39 is 0 Å². The van der Waals surface area contributed by atoms with Gasteiger partial charge in [0.05, 0.1) is 5.52 Å². The molecular weight excluding hydrogens is 284 g/mol. The van der Waals surface area contributed by atoms with Crippen molar-refractivity contribution in [2.24, 2.45) is 0 Å². The Morgan fingerprint density at radius 1 is 1.41 bits per heavy atom. The van der Waals surface area contributed by atoms with Crippen molar-refractivity contribution >= 4 is 27.1 Å². The van der Waals surface area contributed by atoms with Crippen molar-refractivity contribution < 1.29 is 0 Å². The maximum absolute atomic E-state index is 12.0. The van der Waals surface area contributed by atoms with Crippen LogP contribution in [0.1, 0.15) is 18.9 Å². The molecule has 5 nitrogen and oxygen atoms in total. The summed E-state index contributed by atoms with van der Waals surface area (Å²) in [5, 5.41) is 3.30. The Hall–Kier alpha value is -1.14.